The second-order valence-electron chi connectivity index (χ2n) is 3.87. The molecule has 0 bridgehead atoms. The van der Waals surface area contributed by atoms with Gasteiger partial charge in [0.2, 0.25) is 0 Å². The van der Waals surface area contributed by atoms with Crippen LogP contribution in [0.25, 0.3) is 0 Å². The Bertz CT molecular complexity index is 380. The standard InChI is InChI=1S/C12H18N2O3/c1-8-10(5-4-6-13-8)7-14-11(9(2)15)12(16)17-3/h4-6,9,11,14-15H,7H2,1-3H3/t9-,11+/m1/s1. The van der Waals surface area contributed by atoms with Crippen LogP contribution in [-0.4, -0.2) is 35.3 Å². The molecule has 5 heteroatoms. The van der Waals surface area contributed by atoms with Crippen molar-refractivity contribution in [1.29, 1.82) is 0 Å². The van der Waals surface area contributed by atoms with Crippen molar-refractivity contribution >= 4 is 5.97 Å². The van der Waals surface area contributed by atoms with Gasteiger partial charge in [0.15, 0.2) is 0 Å². The third-order valence-corrected chi connectivity index (χ3v) is 2.57. The van der Waals surface area contributed by atoms with Crippen molar-refractivity contribution in [3.8, 4) is 0 Å². The quantitative estimate of drug-likeness (QED) is 0.727. The summed E-state index contributed by atoms with van der Waals surface area (Å²) in [7, 11) is 1.30. The summed E-state index contributed by atoms with van der Waals surface area (Å²) in [6.07, 6.45) is 0.907. The third kappa shape index (κ3) is 3.80. The van der Waals surface area contributed by atoms with Gasteiger partial charge in [-0.3, -0.25) is 15.1 Å². The first-order valence-corrected chi connectivity index (χ1v) is 5.46. The highest BCUT2D eigenvalue weighted by Crippen LogP contribution is 2.05. The molecule has 1 aromatic heterocycles. The van der Waals surface area contributed by atoms with Crippen molar-refractivity contribution in [2.75, 3.05) is 7.11 Å². The van der Waals surface area contributed by atoms with E-state index in [1.807, 2.05) is 19.1 Å². The highest BCUT2D eigenvalue weighted by Gasteiger charge is 2.23. The van der Waals surface area contributed by atoms with Crippen LogP contribution in [0.15, 0.2) is 18.3 Å². The summed E-state index contributed by atoms with van der Waals surface area (Å²) in [6, 6.07) is 3.03. The van der Waals surface area contributed by atoms with E-state index in [-0.39, 0.29) is 0 Å². The largest absolute Gasteiger partial charge is 0.468 e. The van der Waals surface area contributed by atoms with Crippen LogP contribution in [0.1, 0.15) is 18.2 Å². The zero-order chi connectivity index (χ0) is 12.8. The Morgan fingerprint density at radius 2 is 2.35 bits per heavy atom. The van der Waals surface area contributed by atoms with Gasteiger partial charge in [-0.1, -0.05) is 6.07 Å². The van der Waals surface area contributed by atoms with Gasteiger partial charge in [0.05, 0.1) is 13.2 Å². The van der Waals surface area contributed by atoms with Gasteiger partial charge >= 0.3 is 5.97 Å². The molecule has 2 N–H and O–H groups in total. The molecule has 0 amide bonds. The van der Waals surface area contributed by atoms with E-state index in [0.29, 0.717) is 6.54 Å². The van der Waals surface area contributed by atoms with Gasteiger partial charge in [0.25, 0.3) is 0 Å². The molecule has 1 heterocycles. The third-order valence-electron chi connectivity index (χ3n) is 2.57. The number of nitrogens with zero attached hydrogens (tertiary/aromatic N) is 1. The molecule has 0 unspecified atom stereocenters. The van der Waals surface area contributed by atoms with Gasteiger partial charge in [0, 0.05) is 18.4 Å². The minimum Gasteiger partial charge on any atom is -0.468 e. The van der Waals surface area contributed by atoms with Gasteiger partial charge in [-0.25, -0.2) is 0 Å². The SMILES string of the molecule is COC(=O)[C@@H](NCc1cccnc1C)[C@@H](C)O. The fourth-order valence-corrected chi connectivity index (χ4v) is 1.50. The first kappa shape index (κ1) is 13.6. The lowest BCUT2D eigenvalue weighted by atomic mass is 10.1. The Kier molecular flexibility index (Phi) is 5.06. The Morgan fingerprint density at radius 1 is 1.65 bits per heavy atom. The van der Waals surface area contributed by atoms with Crippen molar-refractivity contribution < 1.29 is 14.6 Å². The Labute approximate surface area is 101 Å². The molecule has 0 aliphatic rings. The number of pyridine rings is 1. The number of carbonyl (C=O) groups excluding carboxylic acids is 1. The molecule has 0 spiro atoms. The van der Waals surface area contributed by atoms with Crippen molar-refractivity contribution in [1.82, 2.24) is 10.3 Å². The van der Waals surface area contributed by atoms with Crippen molar-refractivity contribution in [3.63, 3.8) is 0 Å². The first-order chi connectivity index (χ1) is 8.06. The van der Waals surface area contributed by atoms with Gasteiger partial charge in [0.1, 0.15) is 6.04 Å². The molecule has 0 fully saturated rings. The van der Waals surface area contributed by atoms with E-state index in [9.17, 15) is 9.90 Å². The average molecular weight is 238 g/mol. The minimum atomic E-state index is -0.806. The molecule has 0 radical (unpaired) electrons. The first-order valence-electron chi connectivity index (χ1n) is 5.46. The van der Waals surface area contributed by atoms with E-state index in [2.05, 4.69) is 15.0 Å². The maximum absolute atomic E-state index is 11.4. The molecular weight excluding hydrogens is 220 g/mol. The van der Waals surface area contributed by atoms with Crippen LogP contribution < -0.4 is 5.32 Å². The van der Waals surface area contributed by atoms with E-state index in [0.717, 1.165) is 11.3 Å². The van der Waals surface area contributed by atoms with Crippen LogP contribution in [0.5, 0.6) is 0 Å². The normalized spacial score (nSPS) is 14.1. The Balaban J connectivity index is 2.64. The maximum atomic E-state index is 11.4. The number of aromatic nitrogens is 1. The summed E-state index contributed by atoms with van der Waals surface area (Å²) in [5.74, 6) is -0.471. The molecule has 0 saturated carbocycles. The predicted molar refractivity (Wildman–Crippen MR) is 63.3 cm³/mol. The maximum Gasteiger partial charge on any atom is 0.325 e. The van der Waals surface area contributed by atoms with Crippen LogP contribution in [0.4, 0.5) is 0 Å². The number of hydrogen-bond donors (Lipinski definition) is 2. The van der Waals surface area contributed by atoms with E-state index < -0.39 is 18.1 Å². The molecule has 94 valence electrons. The lowest BCUT2D eigenvalue weighted by molar-refractivity contribution is -0.145. The highest BCUT2D eigenvalue weighted by molar-refractivity contribution is 5.76. The molecule has 0 aromatic carbocycles. The second kappa shape index (κ2) is 6.32. The lowest BCUT2D eigenvalue weighted by Crippen LogP contribution is -2.45. The molecule has 5 nitrogen and oxygen atoms in total. The molecule has 1 aromatic rings. The number of hydrogen-bond acceptors (Lipinski definition) is 5. The number of aryl methyl sites for hydroxylation is 1. The van der Waals surface area contributed by atoms with Crippen LogP contribution >= 0.6 is 0 Å². The van der Waals surface area contributed by atoms with Crippen LogP contribution in [0.3, 0.4) is 0 Å². The topological polar surface area (TPSA) is 71.5 Å². The number of aliphatic hydroxyl groups excluding tert-OH is 1. The zero-order valence-corrected chi connectivity index (χ0v) is 10.3. The predicted octanol–water partition coefficient (Wildman–Crippen LogP) is 0.402. The monoisotopic (exact) mass is 238 g/mol. The summed E-state index contributed by atoms with van der Waals surface area (Å²) in [4.78, 5) is 15.5. The van der Waals surface area contributed by atoms with Crippen LogP contribution in [-0.2, 0) is 16.1 Å². The number of nitrogens with one attached hydrogen (secondary N) is 1. The van der Waals surface area contributed by atoms with E-state index in [4.69, 9.17) is 0 Å². The Hall–Kier alpha value is -1.46. The van der Waals surface area contributed by atoms with Crippen LogP contribution in [0, 0.1) is 6.92 Å². The minimum absolute atomic E-state index is 0.463. The number of esters is 1. The molecule has 1 rings (SSSR count). The van der Waals surface area contributed by atoms with Gasteiger partial charge < -0.3 is 9.84 Å². The molecule has 0 saturated heterocycles. The lowest BCUT2D eigenvalue weighted by Gasteiger charge is -2.19. The van der Waals surface area contributed by atoms with E-state index >= 15 is 0 Å². The number of methoxy groups -OCH3 is 1. The molecule has 0 aliphatic carbocycles. The summed E-state index contributed by atoms with van der Waals surface area (Å²) < 4.78 is 4.62. The smallest absolute Gasteiger partial charge is 0.325 e. The average Bonchev–Trinajstić information content (AvgIpc) is 2.30. The van der Waals surface area contributed by atoms with Gasteiger partial charge in [-0.05, 0) is 25.5 Å². The van der Waals surface area contributed by atoms with Gasteiger partial charge in [-0.15, -0.1) is 0 Å². The molecule has 2 atom stereocenters. The van der Waals surface area contributed by atoms with Crippen molar-refractivity contribution in [2.45, 2.75) is 32.5 Å². The molecule has 0 aliphatic heterocycles. The number of aliphatic hydroxyl groups is 1. The number of rotatable bonds is 5. The molecule has 17 heavy (non-hydrogen) atoms. The fourth-order valence-electron chi connectivity index (χ4n) is 1.50. The van der Waals surface area contributed by atoms with Gasteiger partial charge in [-0.2, -0.15) is 0 Å². The Morgan fingerprint density at radius 3 is 2.88 bits per heavy atom. The summed E-state index contributed by atoms with van der Waals surface area (Å²) >= 11 is 0. The zero-order valence-electron chi connectivity index (χ0n) is 10.3. The molecular formula is C12H18N2O3. The van der Waals surface area contributed by atoms with Crippen molar-refractivity contribution in [3.05, 3.63) is 29.6 Å². The van der Waals surface area contributed by atoms with E-state index in [1.54, 1.807) is 13.1 Å². The second-order valence-corrected chi connectivity index (χ2v) is 3.87. The van der Waals surface area contributed by atoms with Crippen LogP contribution in [0.2, 0.25) is 0 Å². The highest BCUT2D eigenvalue weighted by atomic mass is 16.5. The van der Waals surface area contributed by atoms with E-state index in [1.165, 1.54) is 7.11 Å². The summed E-state index contributed by atoms with van der Waals surface area (Å²) in [5, 5.41) is 12.4. The number of ether oxygens (including phenoxy) is 1. The summed E-state index contributed by atoms with van der Waals surface area (Å²) in [6.45, 7) is 3.90. The van der Waals surface area contributed by atoms with Crippen molar-refractivity contribution in [2.24, 2.45) is 0 Å². The number of carbonyl (C=O) groups is 1. The summed E-state index contributed by atoms with van der Waals surface area (Å²) in [5.41, 5.74) is 1.89. The fraction of sp³-hybridized carbons (Fsp3) is 0.500.